The molecule has 0 bridgehead atoms. The SMILES string of the molecule is O=C(Nc1ccccc1)Nc1ccc([N+](=O)[O-])cc1O. The number of nitrogens with zero attached hydrogens (tertiary/aromatic N) is 1. The minimum Gasteiger partial charge on any atom is -0.506 e. The van der Waals surface area contributed by atoms with E-state index in [2.05, 4.69) is 10.6 Å². The molecule has 3 N–H and O–H groups in total. The van der Waals surface area contributed by atoms with Crippen LogP contribution in [0, 0.1) is 10.1 Å². The van der Waals surface area contributed by atoms with Crippen LogP contribution in [0.3, 0.4) is 0 Å². The fourth-order valence-electron chi connectivity index (χ4n) is 1.55. The first-order valence-corrected chi connectivity index (χ1v) is 5.67. The molecule has 0 saturated carbocycles. The molecule has 2 aromatic carbocycles. The first kappa shape index (κ1) is 13.3. The Morgan fingerprint density at radius 2 is 1.80 bits per heavy atom. The van der Waals surface area contributed by atoms with Gasteiger partial charge in [-0.1, -0.05) is 18.2 Å². The summed E-state index contributed by atoms with van der Waals surface area (Å²) < 4.78 is 0. The Morgan fingerprint density at radius 1 is 1.10 bits per heavy atom. The highest BCUT2D eigenvalue weighted by Crippen LogP contribution is 2.27. The summed E-state index contributed by atoms with van der Waals surface area (Å²) in [5.74, 6) is -0.373. The van der Waals surface area contributed by atoms with Gasteiger partial charge in [0.25, 0.3) is 5.69 Å². The zero-order chi connectivity index (χ0) is 14.5. The second-order valence-electron chi connectivity index (χ2n) is 3.90. The number of nitro groups is 1. The van der Waals surface area contributed by atoms with Crippen molar-refractivity contribution in [2.45, 2.75) is 0 Å². The Bertz CT molecular complexity index is 643. The minimum atomic E-state index is -0.631. The van der Waals surface area contributed by atoms with Gasteiger partial charge in [0, 0.05) is 11.8 Å². The number of aromatic hydroxyl groups is 1. The number of carbonyl (C=O) groups excluding carboxylic acids is 1. The molecule has 0 fully saturated rings. The zero-order valence-electron chi connectivity index (χ0n) is 10.2. The number of carbonyl (C=O) groups is 1. The van der Waals surface area contributed by atoms with Crippen molar-refractivity contribution in [2.24, 2.45) is 0 Å². The van der Waals surface area contributed by atoms with E-state index in [1.807, 2.05) is 6.07 Å². The molecular formula is C13H11N3O4. The van der Waals surface area contributed by atoms with E-state index in [1.165, 1.54) is 12.1 Å². The van der Waals surface area contributed by atoms with Gasteiger partial charge in [0.05, 0.1) is 16.7 Å². The van der Waals surface area contributed by atoms with Crippen LogP contribution in [-0.4, -0.2) is 16.1 Å². The van der Waals surface area contributed by atoms with Crippen molar-refractivity contribution >= 4 is 23.1 Å². The molecule has 0 radical (unpaired) electrons. The number of amides is 2. The third kappa shape index (κ3) is 3.22. The summed E-state index contributed by atoms with van der Waals surface area (Å²) in [6.07, 6.45) is 0. The Labute approximate surface area is 114 Å². The summed E-state index contributed by atoms with van der Waals surface area (Å²) in [6, 6.07) is 11.6. The van der Waals surface area contributed by atoms with E-state index < -0.39 is 11.0 Å². The standard InChI is InChI=1S/C13H11N3O4/c17-12-8-10(16(19)20)6-7-11(12)15-13(18)14-9-4-2-1-3-5-9/h1-8,17H,(H2,14,15,18). The number of rotatable bonds is 3. The van der Waals surface area contributed by atoms with Crippen LogP contribution in [0.2, 0.25) is 0 Å². The van der Waals surface area contributed by atoms with Crippen LogP contribution in [0.15, 0.2) is 48.5 Å². The van der Waals surface area contributed by atoms with Crippen LogP contribution in [0.4, 0.5) is 21.9 Å². The summed E-state index contributed by atoms with van der Waals surface area (Å²) >= 11 is 0. The fraction of sp³-hybridized carbons (Fsp3) is 0. The molecule has 2 amide bonds. The van der Waals surface area contributed by atoms with E-state index in [9.17, 15) is 20.0 Å². The van der Waals surface area contributed by atoms with Crippen LogP contribution in [0.5, 0.6) is 5.75 Å². The molecule has 0 aliphatic rings. The Hall–Kier alpha value is -3.09. The van der Waals surface area contributed by atoms with Crippen molar-refractivity contribution in [3.63, 3.8) is 0 Å². The highest BCUT2D eigenvalue weighted by atomic mass is 16.6. The van der Waals surface area contributed by atoms with Crippen molar-refractivity contribution in [2.75, 3.05) is 10.6 Å². The second kappa shape index (κ2) is 5.70. The molecule has 0 spiro atoms. The van der Waals surface area contributed by atoms with Gasteiger partial charge in [-0.15, -0.1) is 0 Å². The maximum Gasteiger partial charge on any atom is 0.323 e. The lowest BCUT2D eigenvalue weighted by Gasteiger charge is -2.08. The summed E-state index contributed by atoms with van der Waals surface area (Å²) in [6.45, 7) is 0. The first-order valence-electron chi connectivity index (χ1n) is 5.67. The Kier molecular flexibility index (Phi) is 3.80. The molecule has 0 aliphatic heterocycles. The predicted molar refractivity (Wildman–Crippen MR) is 73.8 cm³/mol. The lowest BCUT2D eigenvalue weighted by atomic mass is 10.2. The van der Waals surface area contributed by atoms with Crippen LogP contribution < -0.4 is 10.6 Å². The van der Waals surface area contributed by atoms with E-state index >= 15 is 0 Å². The summed E-state index contributed by atoms with van der Waals surface area (Å²) in [5.41, 5.74) is 0.423. The number of benzene rings is 2. The number of para-hydroxylation sites is 1. The average molecular weight is 273 g/mol. The van der Waals surface area contributed by atoms with Gasteiger partial charge in [-0.2, -0.15) is 0 Å². The number of non-ortho nitro benzene ring substituents is 1. The molecule has 102 valence electrons. The highest BCUT2D eigenvalue weighted by Gasteiger charge is 2.12. The van der Waals surface area contributed by atoms with Crippen molar-refractivity contribution in [1.29, 1.82) is 0 Å². The molecule has 0 unspecified atom stereocenters. The van der Waals surface area contributed by atoms with Crippen molar-refractivity contribution in [3.05, 3.63) is 58.6 Å². The molecule has 20 heavy (non-hydrogen) atoms. The number of urea groups is 1. The number of phenolic OH excluding ortho intramolecular Hbond substituents is 1. The largest absolute Gasteiger partial charge is 0.506 e. The molecule has 0 atom stereocenters. The number of hydrogen-bond donors (Lipinski definition) is 3. The van der Waals surface area contributed by atoms with Crippen LogP contribution in [0.1, 0.15) is 0 Å². The van der Waals surface area contributed by atoms with Crippen molar-refractivity contribution in [3.8, 4) is 5.75 Å². The number of nitro benzene ring substituents is 1. The zero-order valence-corrected chi connectivity index (χ0v) is 10.2. The van der Waals surface area contributed by atoms with Gasteiger partial charge >= 0.3 is 6.03 Å². The smallest absolute Gasteiger partial charge is 0.323 e. The number of nitrogens with one attached hydrogen (secondary N) is 2. The normalized spacial score (nSPS) is 9.80. The number of hydrogen-bond acceptors (Lipinski definition) is 4. The Morgan fingerprint density at radius 3 is 2.40 bits per heavy atom. The first-order chi connectivity index (χ1) is 9.56. The van der Waals surface area contributed by atoms with Crippen LogP contribution in [-0.2, 0) is 0 Å². The van der Waals surface area contributed by atoms with Crippen LogP contribution >= 0.6 is 0 Å². The summed E-state index contributed by atoms with van der Waals surface area (Å²) in [5, 5.41) is 25.1. The minimum absolute atomic E-state index is 0.0871. The molecule has 0 aliphatic carbocycles. The lowest BCUT2D eigenvalue weighted by molar-refractivity contribution is -0.384. The lowest BCUT2D eigenvalue weighted by Crippen LogP contribution is -2.19. The number of anilines is 2. The summed E-state index contributed by atoms with van der Waals surface area (Å²) in [7, 11) is 0. The predicted octanol–water partition coefficient (Wildman–Crippen LogP) is 2.94. The molecule has 2 aromatic rings. The average Bonchev–Trinajstić information content (AvgIpc) is 2.42. The maximum atomic E-state index is 11.7. The number of phenols is 1. The maximum absolute atomic E-state index is 11.7. The monoisotopic (exact) mass is 273 g/mol. The third-order valence-corrected chi connectivity index (χ3v) is 2.47. The van der Waals surface area contributed by atoms with Gasteiger partial charge in [-0.3, -0.25) is 10.1 Å². The quantitative estimate of drug-likeness (QED) is 0.454. The van der Waals surface area contributed by atoms with Gasteiger partial charge in [0.15, 0.2) is 0 Å². The molecular weight excluding hydrogens is 262 g/mol. The van der Waals surface area contributed by atoms with E-state index in [0.29, 0.717) is 5.69 Å². The fourth-order valence-corrected chi connectivity index (χ4v) is 1.55. The molecule has 0 aromatic heterocycles. The van der Waals surface area contributed by atoms with E-state index in [1.54, 1.807) is 24.3 Å². The highest BCUT2D eigenvalue weighted by molar-refractivity contribution is 6.00. The molecule has 7 nitrogen and oxygen atoms in total. The van der Waals surface area contributed by atoms with E-state index in [-0.39, 0.29) is 17.1 Å². The molecule has 0 saturated heterocycles. The summed E-state index contributed by atoms with van der Waals surface area (Å²) in [4.78, 5) is 21.6. The van der Waals surface area contributed by atoms with Gasteiger partial charge < -0.3 is 15.7 Å². The second-order valence-corrected chi connectivity index (χ2v) is 3.90. The van der Waals surface area contributed by atoms with Gasteiger partial charge in [-0.05, 0) is 18.2 Å². The van der Waals surface area contributed by atoms with Crippen LogP contribution in [0.25, 0.3) is 0 Å². The van der Waals surface area contributed by atoms with Gasteiger partial charge in [0.1, 0.15) is 5.75 Å². The van der Waals surface area contributed by atoms with Crippen molar-refractivity contribution in [1.82, 2.24) is 0 Å². The topological polar surface area (TPSA) is 104 Å². The van der Waals surface area contributed by atoms with Gasteiger partial charge in [-0.25, -0.2) is 4.79 Å². The van der Waals surface area contributed by atoms with Crippen molar-refractivity contribution < 1.29 is 14.8 Å². The van der Waals surface area contributed by atoms with E-state index in [0.717, 1.165) is 6.07 Å². The third-order valence-electron chi connectivity index (χ3n) is 2.47. The molecule has 2 rings (SSSR count). The molecule has 0 heterocycles. The van der Waals surface area contributed by atoms with E-state index in [4.69, 9.17) is 0 Å². The Balaban J connectivity index is 2.06. The van der Waals surface area contributed by atoms with Gasteiger partial charge in [0.2, 0.25) is 0 Å². The molecule has 7 heteroatoms.